The van der Waals surface area contributed by atoms with E-state index < -0.39 is 0 Å². The van der Waals surface area contributed by atoms with Crippen molar-refractivity contribution in [1.29, 1.82) is 0 Å². The van der Waals surface area contributed by atoms with Gasteiger partial charge in [0.05, 0.1) is 5.56 Å². The van der Waals surface area contributed by atoms with Gasteiger partial charge in [-0.25, -0.2) is 4.79 Å². The molecule has 2 rings (SSSR count). The quantitative estimate of drug-likeness (QED) is 0.833. The molecule has 0 radical (unpaired) electrons. The second-order valence-corrected chi connectivity index (χ2v) is 4.86. The lowest BCUT2D eigenvalue weighted by atomic mass is 9.98. The summed E-state index contributed by atoms with van der Waals surface area (Å²) in [5.41, 5.74) is 1.32. The van der Waals surface area contributed by atoms with E-state index in [1.165, 1.54) is 6.42 Å². The van der Waals surface area contributed by atoms with Crippen molar-refractivity contribution in [3.05, 3.63) is 29.3 Å². The van der Waals surface area contributed by atoms with E-state index in [1.54, 1.807) is 18.2 Å². The van der Waals surface area contributed by atoms with Gasteiger partial charge in [0.1, 0.15) is 11.9 Å². The molecule has 0 unspecified atom stereocenters. The Balaban J connectivity index is 2.03. The molecular weight excluding hydrogens is 228 g/mol. The lowest BCUT2D eigenvalue weighted by molar-refractivity contribution is 0.0211. The number of aryl methyl sites for hydroxylation is 1. The van der Waals surface area contributed by atoms with Crippen LogP contribution in [-0.2, 0) is 11.2 Å². The second kappa shape index (κ2) is 5.89. The molecule has 3 nitrogen and oxygen atoms in total. The molecule has 1 saturated carbocycles. The first-order valence-corrected chi connectivity index (χ1v) is 6.73. The van der Waals surface area contributed by atoms with Crippen LogP contribution in [0.25, 0.3) is 0 Å². The minimum absolute atomic E-state index is 0.0742. The van der Waals surface area contributed by atoms with Crippen molar-refractivity contribution in [2.75, 3.05) is 0 Å². The molecule has 0 atom stereocenters. The Morgan fingerprint density at radius 1 is 1.33 bits per heavy atom. The highest BCUT2D eigenvalue weighted by molar-refractivity contribution is 5.90. The van der Waals surface area contributed by atoms with E-state index in [4.69, 9.17) is 4.74 Å². The van der Waals surface area contributed by atoms with Crippen molar-refractivity contribution < 1.29 is 14.6 Å². The van der Waals surface area contributed by atoms with Crippen molar-refractivity contribution in [1.82, 2.24) is 0 Å². The van der Waals surface area contributed by atoms with Crippen molar-refractivity contribution in [2.45, 2.75) is 51.6 Å². The highest BCUT2D eigenvalue weighted by Crippen LogP contribution is 2.23. The Morgan fingerprint density at radius 2 is 2.06 bits per heavy atom. The average molecular weight is 248 g/mol. The first-order valence-electron chi connectivity index (χ1n) is 6.73. The van der Waals surface area contributed by atoms with Gasteiger partial charge in [-0.05, 0) is 55.9 Å². The Kier molecular flexibility index (Phi) is 4.24. The van der Waals surface area contributed by atoms with Crippen LogP contribution in [-0.4, -0.2) is 17.2 Å². The third-order valence-electron chi connectivity index (χ3n) is 3.52. The molecule has 1 aromatic rings. The predicted molar refractivity (Wildman–Crippen MR) is 69.8 cm³/mol. The molecule has 1 aliphatic rings. The summed E-state index contributed by atoms with van der Waals surface area (Å²) in [7, 11) is 0. The van der Waals surface area contributed by atoms with Crippen LogP contribution in [0.3, 0.4) is 0 Å². The van der Waals surface area contributed by atoms with E-state index in [1.807, 2.05) is 6.92 Å². The van der Waals surface area contributed by atoms with Crippen molar-refractivity contribution in [3.63, 3.8) is 0 Å². The summed E-state index contributed by atoms with van der Waals surface area (Å²) < 4.78 is 5.50. The highest BCUT2D eigenvalue weighted by atomic mass is 16.5. The van der Waals surface area contributed by atoms with Crippen LogP contribution in [0.2, 0.25) is 0 Å². The lowest BCUT2D eigenvalue weighted by Gasteiger charge is -2.21. The lowest BCUT2D eigenvalue weighted by Crippen LogP contribution is -2.20. The van der Waals surface area contributed by atoms with Gasteiger partial charge in [0.15, 0.2) is 0 Å². The van der Waals surface area contributed by atoms with E-state index in [0.29, 0.717) is 12.0 Å². The van der Waals surface area contributed by atoms with Crippen molar-refractivity contribution >= 4 is 5.97 Å². The summed E-state index contributed by atoms with van der Waals surface area (Å²) in [5.74, 6) is -0.0247. The topological polar surface area (TPSA) is 46.5 Å². The first kappa shape index (κ1) is 12.9. The Bertz CT molecular complexity index is 420. The SMILES string of the molecule is CCc1cc(C(=O)OC2CCCCC2)ccc1O. The molecule has 0 bridgehead atoms. The monoisotopic (exact) mass is 248 g/mol. The number of ether oxygens (including phenoxy) is 1. The molecule has 1 fully saturated rings. The van der Waals surface area contributed by atoms with E-state index >= 15 is 0 Å². The largest absolute Gasteiger partial charge is 0.508 e. The summed E-state index contributed by atoms with van der Waals surface area (Å²) in [6.07, 6.45) is 6.27. The fraction of sp³-hybridized carbons (Fsp3) is 0.533. The molecular formula is C15H20O3. The molecule has 0 aliphatic heterocycles. The summed E-state index contributed by atoms with van der Waals surface area (Å²) in [5, 5.41) is 9.59. The highest BCUT2D eigenvalue weighted by Gasteiger charge is 2.19. The fourth-order valence-corrected chi connectivity index (χ4v) is 2.40. The zero-order chi connectivity index (χ0) is 13.0. The predicted octanol–water partition coefficient (Wildman–Crippen LogP) is 3.44. The molecule has 1 aromatic carbocycles. The maximum Gasteiger partial charge on any atom is 0.338 e. The number of aromatic hydroxyl groups is 1. The van der Waals surface area contributed by atoms with Crippen LogP contribution in [0, 0.1) is 0 Å². The zero-order valence-corrected chi connectivity index (χ0v) is 10.8. The van der Waals surface area contributed by atoms with Gasteiger partial charge in [0, 0.05) is 0 Å². The van der Waals surface area contributed by atoms with Crippen LogP contribution in [0.15, 0.2) is 18.2 Å². The molecule has 18 heavy (non-hydrogen) atoms. The minimum Gasteiger partial charge on any atom is -0.508 e. The summed E-state index contributed by atoms with van der Waals surface area (Å²) >= 11 is 0. The maximum absolute atomic E-state index is 12.0. The molecule has 3 heteroatoms. The van der Waals surface area contributed by atoms with E-state index in [-0.39, 0.29) is 17.8 Å². The van der Waals surface area contributed by atoms with E-state index in [9.17, 15) is 9.90 Å². The third kappa shape index (κ3) is 3.03. The van der Waals surface area contributed by atoms with Crippen LogP contribution in [0.1, 0.15) is 54.9 Å². The molecule has 1 aliphatic carbocycles. The van der Waals surface area contributed by atoms with E-state index in [0.717, 1.165) is 31.2 Å². The standard InChI is InChI=1S/C15H20O3/c1-2-11-10-12(8-9-14(11)16)15(17)18-13-6-4-3-5-7-13/h8-10,13,16H,2-7H2,1H3. The number of hydrogen-bond acceptors (Lipinski definition) is 3. The molecule has 0 amide bonds. The van der Waals surface area contributed by atoms with Gasteiger partial charge in [-0.1, -0.05) is 13.3 Å². The Hall–Kier alpha value is -1.51. The van der Waals surface area contributed by atoms with E-state index in [2.05, 4.69) is 0 Å². The maximum atomic E-state index is 12.0. The molecule has 0 aromatic heterocycles. The van der Waals surface area contributed by atoms with Crippen LogP contribution >= 0.6 is 0 Å². The second-order valence-electron chi connectivity index (χ2n) is 4.86. The van der Waals surface area contributed by atoms with Crippen LogP contribution in [0.5, 0.6) is 5.75 Å². The molecule has 1 N–H and O–H groups in total. The number of hydrogen-bond donors (Lipinski definition) is 1. The Labute approximate surface area is 108 Å². The van der Waals surface area contributed by atoms with Gasteiger partial charge in [0.2, 0.25) is 0 Å². The number of esters is 1. The third-order valence-corrected chi connectivity index (χ3v) is 3.52. The minimum atomic E-state index is -0.267. The van der Waals surface area contributed by atoms with Gasteiger partial charge in [0.25, 0.3) is 0 Å². The molecule has 0 spiro atoms. The zero-order valence-electron chi connectivity index (χ0n) is 10.8. The smallest absolute Gasteiger partial charge is 0.338 e. The molecule has 0 saturated heterocycles. The normalized spacial score (nSPS) is 16.5. The van der Waals surface area contributed by atoms with Gasteiger partial charge in [-0.2, -0.15) is 0 Å². The Morgan fingerprint density at radius 3 is 2.72 bits per heavy atom. The van der Waals surface area contributed by atoms with Crippen LogP contribution in [0.4, 0.5) is 0 Å². The van der Waals surface area contributed by atoms with Crippen molar-refractivity contribution in [2.24, 2.45) is 0 Å². The van der Waals surface area contributed by atoms with Gasteiger partial charge < -0.3 is 9.84 Å². The molecule has 0 heterocycles. The number of benzene rings is 1. The van der Waals surface area contributed by atoms with Gasteiger partial charge >= 0.3 is 5.97 Å². The summed E-state index contributed by atoms with van der Waals surface area (Å²) in [6, 6.07) is 4.91. The van der Waals surface area contributed by atoms with Crippen molar-refractivity contribution in [3.8, 4) is 5.75 Å². The number of carbonyl (C=O) groups is 1. The van der Waals surface area contributed by atoms with Gasteiger partial charge in [-0.15, -0.1) is 0 Å². The summed E-state index contributed by atoms with van der Waals surface area (Å²) in [4.78, 5) is 12.0. The number of phenolic OH excluding ortho intramolecular Hbond substituents is 1. The molecule has 98 valence electrons. The average Bonchev–Trinajstić information content (AvgIpc) is 2.40. The number of rotatable bonds is 3. The van der Waals surface area contributed by atoms with Gasteiger partial charge in [-0.3, -0.25) is 0 Å². The van der Waals surface area contributed by atoms with Crippen LogP contribution < -0.4 is 0 Å². The number of carbonyl (C=O) groups excluding carboxylic acids is 1. The fourth-order valence-electron chi connectivity index (χ4n) is 2.40. The summed E-state index contributed by atoms with van der Waals surface area (Å²) in [6.45, 7) is 1.95. The first-order chi connectivity index (χ1) is 8.70. The number of phenols is 1.